The van der Waals surface area contributed by atoms with Crippen molar-refractivity contribution in [2.45, 2.75) is 45.4 Å². The van der Waals surface area contributed by atoms with E-state index < -0.39 is 0 Å². The van der Waals surface area contributed by atoms with Crippen molar-refractivity contribution in [2.24, 2.45) is 0 Å². The maximum atomic E-state index is 12.6. The van der Waals surface area contributed by atoms with Crippen LogP contribution in [-0.4, -0.2) is 12.4 Å². The van der Waals surface area contributed by atoms with Gasteiger partial charge in [-0.25, -0.2) is 0 Å². The Morgan fingerprint density at radius 3 is 2.79 bits per heavy atom. The Labute approximate surface area is 115 Å². The number of rotatable bonds is 4. The number of hydrogen-bond acceptors (Lipinski definition) is 2. The van der Waals surface area contributed by atoms with Crippen LogP contribution in [0, 0.1) is 0 Å². The van der Waals surface area contributed by atoms with E-state index in [4.69, 9.17) is 4.74 Å². The van der Waals surface area contributed by atoms with E-state index >= 15 is 0 Å². The van der Waals surface area contributed by atoms with Gasteiger partial charge in [0.15, 0.2) is 5.78 Å². The molecule has 1 aliphatic rings. The molecule has 0 atom stereocenters. The Balaban J connectivity index is 2.22. The molecule has 2 nitrogen and oxygen atoms in total. The number of ether oxygens (including phenoxy) is 1. The summed E-state index contributed by atoms with van der Waals surface area (Å²) in [6.07, 6.45) is 8.89. The first kappa shape index (κ1) is 13.9. The molecule has 0 spiro atoms. The number of carbonyl (C=O) groups is 1. The molecular weight excluding hydrogens is 236 g/mol. The molecule has 1 aliphatic carbocycles. The lowest BCUT2D eigenvalue weighted by Gasteiger charge is -2.13. The second-order valence-corrected chi connectivity index (χ2v) is 4.94. The maximum absolute atomic E-state index is 12.6. The van der Waals surface area contributed by atoms with Crippen LogP contribution in [0.15, 0.2) is 35.9 Å². The van der Waals surface area contributed by atoms with Gasteiger partial charge in [0.2, 0.25) is 0 Å². The van der Waals surface area contributed by atoms with Crippen LogP contribution in [-0.2, 0) is 0 Å². The van der Waals surface area contributed by atoms with Gasteiger partial charge in [0.25, 0.3) is 0 Å². The Morgan fingerprint density at radius 1 is 1.16 bits per heavy atom. The summed E-state index contributed by atoms with van der Waals surface area (Å²) in [4.78, 5) is 12.6. The van der Waals surface area contributed by atoms with E-state index in [2.05, 4.69) is 6.08 Å². The molecule has 0 radical (unpaired) electrons. The average molecular weight is 258 g/mol. The molecule has 19 heavy (non-hydrogen) atoms. The fourth-order valence-electron chi connectivity index (χ4n) is 2.51. The third-order valence-corrected chi connectivity index (χ3v) is 3.51. The van der Waals surface area contributed by atoms with E-state index in [1.54, 1.807) is 0 Å². The van der Waals surface area contributed by atoms with Gasteiger partial charge in [-0.1, -0.05) is 31.1 Å². The molecule has 0 aromatic heterocycles. The molecule has 0 unspecified atom stereocenters. The molecule has 2 heteroatoms. The largest absolute Gasteiger partial charge is 0.493 e. The summed E-state index contributed by atoms with van der Waals surface area (Å²) in [5.41, 5.74) is 1.67. The van der Waals surface area contributed by atoms with Crippen LogP contribution in [0.5, 0.6) is 5.75 Å². The first-order valence-electron chi connectivity index (χ1n) is 7.28. The van der Waals surface area contributed by atoms with Gasteiger partial charge in [-0.2, -0.15) is 0 Å². The predicted octanol–water partition coefficient (Wildman–Crippen LogP) is 4.55. The summed E-state index contributed by atoms with van der Waals surface area (Å²) in [5.74, 6) is 0.851. The highest BCUT2D eigenvalue weighted by atomic mass is 16.5. The summed E-state index contributed by atoms with van der Waals surface area (Å²) in [6, 6.07) is 7.56. The van der Waals surface area contributed by atoms with Crippen LogP contribution in [0.25, 0.3) is 0 Å². The molecule has 0 fully saturated rings. The van der Waals surface area contributed by atoms with E-state index in [0.717, 1.165) is 24.8 Å². The van der Waals surface area contributed by atoms with Gasteiger partial charge in [0.05, 0.1) is 12.2 Å². The van der Waals surface area contributed by atoms with Crippen molar-refractivity contribution in [1.29, 1.82) is 0 Å². The van der Waals surface area contributed by atoms with E-state index in [1.165, 1.54) is 19.3 Å². The lowest BCUT2D eigenvalue weighted by atomic mass is 9.94. The highest BCUT2D eigenvalue weighted by Gasteiger charge is 2.16. The van der Waals surface area contributed by atoms with Crippen molar-refractivity contribution in [3.05, 3.63) is 41.5 Å². The molecular formula is C17H22O2. The van der Waals surface area contributed by atoms with Crippen LogP contribution in [0.1, 0.15) is 55.8 Å². The zero-order valence-electron chi connectivity index (χ0n) is 11.7. The van der Waals surface area contributed by atoms with Crippen LogP contribution in [0.4, 0.5) is 0 Å². The van der Waals surface area contributed by atoms with Gasteiger partial charge in [0, 0.05) is 0 Å². The molecule has 2 rings (SSSR count). The van der Waals surface area contributed by atoms with Gasteiger partial charge in [-0.05, 0) is 50.3 Å². The molecule has 0 amide bonds. The van der Waals surface area contributed by atoms with Crippen molar-refractivity contribution in [2.75, 3.05) is 6.61 Å². The lowest BCUT2D eigenvalue weighted by molar-refractivity contribution is 0.102. The SMILES string of the molecule is CCOc1ccccc1C(=O)/C1=C/CCCCCC1. The van der Waals surface area contributed by atoms with Crippen LogP contribution in [0.2, 0.25) is 0 Å². The second kappa shape index (κ2) is 7.13. The van der Waals surface area contributed by atoms with Crippen molar-refractivity contribution in [1.82, 2.24) is 0 Å². The normalized spacial score (nSPS) is 18.9. The Hall–Kier alpha value is -1.57. The monoisotopic (exact) mass is 258 g/mol. The van der Waals surface area contributed by atoms with Crippen molar-refractivity contribution >= 4 is 5.78 Å². The van der Waals surface area contributed by atoms with Crippen LogP contribution in [0.3, 0.4) is 0 Å². The Kier molecular flexibility index (Phi) is 5.20. The third-order valence-electron chi connectivity index (χ3n) is 3.51. The number of carbonyl (C=O) groups excluding carboxylic acids is 1. The van der Waals surface area contributed by atoms with Gasteiger partial charge in [-0.15, -0.1) is 0 Å². The van der Waals surface area contributed by atoms with E-state index in [-0.39, 0.29) is 5.78 Å². The standard InChI is InChI=1S/C17H22O2/c1-2-19-16-13-9-8-12-15(16)17(18)14-10-6-4-3-5-7-11-14/h8-10,12-13H,2-7,11H2,1H3/b14-10+. The zero-order valence-corrected chi connectivity index (χ0v) is 11.7. The molecule has 0 bridgehead atoms. The molecule has 0 aliphatic heterocycles. The van der Waals surface area contributed by atoms with E-state index in [0.29, 0.717) is 17.9 Å². The first-order valence-corrected chi connectivity index (χ1v) is 7.28. The summed E-state index contributed by atoms with van der Waals surface area (Å²) in [5, 5.41) is 0. The summed E-state index contributed by atoms with van der Waals surface area (Å²) in [7, 11) is 0. The average Bonchev–Trinajstić information content (AvgIpc) is 2.39. The summed E-state index contributed by atoms with van der Waals surface area (Å²) >= 11 is 0. The molecule has 0 saturated carbocycles. The number of benzene rings is 1. The highest BCUT2D eigenvalue weighted by molar-refractivity contribution is 6.10. The fourth-order valence-corrected chi connectivity index (χ4v) is 2.51. The Bertz CT molecular complexity index is 460. The zero-order chi connectivity index (χ0) is 13.5. The molecule has 0 heterocycles. The fraction of sp³-hybridized carbons (Fsp3) is 0.471. The first-order chi connectivity index (χ1) is 9.33. The number of ketones is 1. The van der Waals surface area contributed by atoms with Gasteiger partial charge >= 0.3 is 0 Å². The second-order valence-electron chi connectivity index (χ2n) is 4.94. The minimum Gasteiger partial charge on any atom is -0.493 e. The molecule has 0 N–H and O–H groups in total. The van der Waals surface area contributed by atoms with E-state index in [9.17, 15) is 4.79 Å². The minimum absolute atomic E-state index is 0.144. The topological polar surface area (TPSA) is 26.3 Å². The van der Waals surface area contributed by atoms with Crippen molar-refractivity contribution in [3.63, 3.8) is 0 Å². The smallest absolute Gasteiger partial charge is 0.192 e. The van der Waals surface area contributed by atoms with Gasteiger partial charge in [-0.3, -0.25) is 4.79 Å². The van der Waals surface area contributed by atoms with Crippen molar-refractivity contribution < 1.29 is 9.53 Å². The Morgan fingerprint density at radius 2 is 1.95 bits per heavy atom. The lowest BCUT2D eigenvalue weighted by Crippen LogP contribution is -2.08. The molecule has 1 aromatic carbocycles. The summed E-state index contributed by atoms with van der Waals surface area (Å²) < 4.78 is 5.56. The van der Waals surface area contributed by atoms with Gasteiger partial charge in [0.1, 0.15) is 5.75 Å². The van der Waals surface area contributed by atoms with Gasteiger partial charge < -0.3 is 4.74 Å². The number of allylic oxidation sites excluding steroid dienone is 2. The molecule has 1 aromatic rings. The number of Topliss-reactive ketones (excluding diaryl/α,β-unsaturated/α-hetero) is 1. The predicted molar refractivity (Wildman–Crippen MR) is 77.7 cm³/mol. The molecule has 102 valence electrons. The summed E-state index contributed by atoms with van der Waals surface area (Å²) in [6.45, 7) is 2.53. The van der Waals surface area contributed by atoms with Crippen molar-refractivity contribution in [3.8, 4) is 5.75 Å². The number of para-hydroxylation sites is 1. The number of hydrogen-bond donors (Lipinski definition) is 0. The third kappa shape index (κ3) is 3.69. The maximum Gasteiger partial charge on any atom is 0.192 e. The quantitative estimate of drug-likeness (QED) is 0.741. The molecule has 0 saturated heterocycles. The van der Waals surface area contributed by atoms with Crippen LogP contribution < -0.4 is 4.74 Å². The van der Waals surface area contributed by atoms with Crippen LogP contribution >= 0.6 is 0 Å². The van der Waals surface area contributed by atoms with E-state index in [1.807, 2.05) is 31.2 Å². The highest BCUT2D eigenvalue weighted by Crippen LogP contribution is 2.25. The minimum atomic E-state index is 0.144.